The smallest absolute Gasteiger partial charge is 0.411 e. The molecule has 0 saturated carbocycles. The first-order valence-corrected chi connectivity index (χ1v) is 9.01. The second kappa shape index (κ2) is 13.3. The summed E-state index contributed by atoms with van der Waals surface area (Å²) < 4.78 is 9.70. The summed E-state index contributed by atoms with van der Waals surface area (Å²) in [6.45, 7) is 4.11. The summed E-state index contributed by atoms with van der Waals surface area (Å²) in [6, 6.07) is 6.54. The van der Waals surface area contributed by atoms with E-state index in [9.17, 15) is 9.59 Å². The average Bonchev–Trinajstić information content (AvgIpc) is 2.57. The molecule has 0 fully saturated rings. The number of nitrogens with one attached hydrogen (secondary N) is 4. The molecule has 9 heteroatoms. The second-order valence-corrected chi connectivity index (χ2v) is 5.88. The molecule has 25 heavy (non-hydrogen) atoms. The van der Waals surface area contributed by atoms with Crippen LogP contribution < -0.4 is 21.3 Å². The SMILES string of the molecule is CCOC(=O)Nc1cccc(NC(=O)NCCNCCCSOC)c1. The van der Waals surface area contributed by atoms with Crippen molar-refractivity contribution in [3.05, 3.63) is 24.3 Å². The van der Waals surface area contributed by atoms with Gasteiger partial charge in [0.25, 0.3) is 0 Å². The lowest BCUT2D eigenvalue weighted by Crippen LogP contribution is -2.35. The topological polar surface area (TPSA) is 101 Å². The zero-order chi connectivity index (χ0) is 18.3. The molecule has 1 aromatic carbocycles. The molecule has 0 bridgehead atoms. The molecule has 0 saturated heterocycles. The molecular formula is C16H26N4O4S. The van der Waals surface area contributed by atoms with Crippen molar-refractivity contribution in [2.24, 2.45) is 0 Å². The first-order valence-electron chi connectivity index (χ1n) is 8.10. The quantitative estimate of drug-likeness (QED) is 0.353. The number of benzene rings is 1. The number of urea groups is 1. The number of anilines is 2. The molecule has 0 aromatic heterocycles. The number of rotatable bonds is 11. The Morgan fingerprint density at radius 1 is 1.12 bits per heavy atom. The third-order valence-corrected chi connectivity index (χ3v) is 3.62. The molecule has 0 heterocycles. The van der Waals surface area contributed by atoms with E-state index in [1.54, 1.807) is 38.3 Å². The number of ether oxygens (including phenoxy) is 1. The van der Waals surface area contributed by atoms with E-state index in [1.807, 2.05) is 0 Å². The van der Waals surface area contributed by atoms with Crippen molar-refractivity contribution in [2.75, 3.05) is 49.7 Å². The van der Waals surface area contributed by atoms with E-state index in [-0.39, 0.29) is 6.03 Å². The highest BCUT2D eigenvalue weighted by Crippen LogP contribution is 2.15. The fourth-order valence-corrected chi connectivity index (χ4v) is 2.29. The van der Waals surface area contributed by atoms with Crippen molar-refractivity contribution in [1.29, 1.82) is 0 Å². The zero-order valence-electron chi connectivity index (χ0n) is 14.6. The summed E-state index contributed by atoms with van der Waals surface area (Å²) in [5, 5.41) is 11.3. The molecule has 0 atom stereocenters. The zero-order valence-corrected chi connectivity index (χ0v) is 15.4. The summed E-state index contributed by atoms with van der Waals surface area (Å²) in [5.74, 6) is 0.938. The van der Waals surface area contributed by atoms with Crippen molar-refractivity contribution in [1.82, 2.24) is 10.6 Å². The Morgan fingerprint density at radius 2 is 1.88 bits per heavy atom. The van der Waals surface area contributed by atoms with Gasteiger partial charge in [0.1, 0.15) is 0 Å². The van der Waals surface area contributed by atoms with Gasteiger partial charge in [0, 0.05) is 30.2 Å². The third kappa shape index (κ3) is 10.5. The second-order valence-electron chi connectivity index (χ2n) is 4.90. The summed E-state index contributed by atoms with van der Waals surface area (Å²) in [6.07, 6.45) is 0.476. The molecule has 3 amide bonds. The Morgan fingerprint density at radius 3 is 2.60 bits per heavy atom. The number of amides is 3. The van der Waals surface area contributed by atoms with E-state index in [0.717, 1.165) is 18.7 Å². The van der Waals surface area contributed by atoms with Gasteiger partial charge in [-0.3, -0.25) is 5.32 Å². The van der Waals surface area contributed by atoms with Crippen molar-refractivity contribution < 1.29 is 18.5 Å². The Kier molecular flexibility index (Phi) is 11.2. The fourth-order valence-electron chi connectivity index (χ4n) is 1.86. The highest BCUT2D eigenvalue weighted by molar-refractivity contribution is 7.94. The van der Waals surface area contributed by atoms with Crippen LogP contribution in [0.1, 0.15) is 13.3 Å². The lowest BCUT2D eigenvalue weighted by Gasteiger charge is -2.10. The van der Waals surface area contributed by atoms with Gasteiger partial charge in [-0.05, 0) is 50.1 Å². The molecule has 1 aromatic rings. The van der Waals surface area contributed by atoms with Gasteiger partial charge in [0.05, 0.1) is 13.7 Å². The van der Waals surface area contributed by atoms with Crippen molar-refractivity contribution in [3.8, 4) is 0 Å². The molecule has 0 radical (unpaired) electrons. The summed E-state index contributed by atoms with van der Waals surface area (Å²) >= 11 is 1.43. The van der Waals surface area contributed by atoms with Crippen LogP contribution in [0, 0.1) is 0 Å². The maximum absolute atomic E-state index is 11.8. The monoisotopic (exact) mass is 370 g/mol. The minimum absolute atomic E-state index is 0.297. The van der Waals surface area contributed by atoms with Crippen molar-refractivity contribution >= 4 is 35.5 Å². The third-order valence-electron chi connectivity index (χ3n) is 2.93. The van der Waals surface area contributed by atoms with E-state index < -0.39 is 6.09 Å². The first-order chi connectivity index (χ1) is 12.2. The molecule has 8 nitrogen and oxygen atoms in total. The van der Waals surface area contributed by atoms with Crippen LogP contribution >= 0.6 is 12.0 Å². The minimum Gasteiger partial charge on any atom is -0.450 e. The van der Waals surface area contributed by atoms with E-state index in [2.05, 4.69) is 21.3 Å². The molecule has 0 aliphatic carbocycles. The normalized spacial score (nSPS) is 10.2. The van der Waals surface area contributed by atoms with Crippen LogP contribution in [0.4, 0.5) is 21.0 Å². The van der Waals surface area contributed by atoms with Crippen LogP contribution in [0.25, 0.3) is 0 Å². The molecule has 0 spiro atoms. The molecule has 0 unspecified atom stereocenters. The van der Waals surface area contributed by atoms with Gasteiger partial charge in [-0.1, -0.05) is 6.07 Å². The van der Waals surface area contributed by atoms with E-state index in [0.29, 0.717) is 31.1 Å². The van der Waals surface area contributed by atoms with E-state index in [1.165, 1.54) is 12.0 Å². The van der Waals surface area contributed by atoms with Crippen LogP contribution in [-0.4, -0.2) is 51.2 Å². The van der Waals surface area contributed by atoms with Gasteiger partial charge >= 0.3 is 12.1 Å². The molecule has 4 N–H and O–H groups in total. The minimum atomic E-state index is -0.529. The highest BCUT2D eigenvalue weighted by Gasteiger charge is 2.05. The van der Waals surface area contributed by atoms with Crippen LogP contribution in [-0.2, 0) is 8.92 Å². The van der Waals surface area contributed by atoms with Gasteiger partial charge in [-0.15, -0.1) is 0 Å². The van der Waals surface area contributed by atoms with E-state index in [4.69, 9.17) is 8.92 Å². The van der Waals surface area contributed by atoms with Gasteiger partial charge in [-0.2, -0.15) is 0 Å². The van der Waals surface area contributed by atoms with Gasteiger partial charge in [0.2, 0.25) is 0 Å². The molecule has 0 aliphatic rings. The molecule has 140 valence electrons. The molecule has 1 rings (SSSR count). The predicted molar refractivity (Wildman–Crippen MR) is 101 cm³/mol. The standard InChI is InChI=1S/C16H26N4O4S/c1-3-24-16(22)20-14-7-4-6-13(12-14)19-15(21)18-10-9-17-8-5-11-25-23-2/h4,6-7,12,17H,3,5,8-11H2,1-2H3,(H,20,22)(H2,18,19,21). The largest absolute Gasteiger partial charge is 0.450 e. The average molecular weight is 370 g/mol. The summed E-state index contributed by atoms with van der Waals surface area (Å²) in [4.78, 5) is 23.2. The van der Waals surface area contributed by atoms with Crippen LogP contribution in [0.15, 0.2) is 24.3 Å². The maximum atomic E-state index is 11.8. The number of carbonyl (C=O) groups excluding carboxylic acids is 2. The highest BCUT2D eigenvalue weighted by atomic mass is 32.2. The Bertz CT molecular complexity index is 531. The molecular weight excluding hydrogens is 344 g/mol. The van der Waals surface area contributed by atoms with E-state index >= 15 is 0 Å². The predicted octanol–water partition coefficient (Wildman–Crippen LogP) is 2.65. The fraction of sp³-hybridized carbons (Fsp3) is 0.500. The maximum Gasteiger partial charge on any atom is 0.411 e. The van der Waals surface area contributed by atoms with Gasteiger partial charge < -0.3 is 24.9 Å². The van der Waals surface area contributed by atoms with Crippen LogP contribution in [0.3, 0.4) is 0 Å². The molecule has 0 aliphatic heterocycles. The van der Waals surface area contributed by atoms with Crippen molar-refractivity contribution in [3.63, 3.8) is 0 Å². The van der Waals surface area contributed by atoms with Crippen molar-refractivity contribution in [2.45, 2.75) is 13.3 Å². The first kappa shape index (κ1) is 21.1. The number of hydrogen-bond acceptors (Lipinski definition) is 6. The van der Waals surface area contributed by atoms with Gasteiger partial charge in [-0.25, -0.2) is 9.59 Å². The van der Waals surface area contributed by atoms with Gasteiger partial charge in [0.15, 0.2) is 0 Å². The number of hydrogen-bond donors (Lipinski definition) is 4. The van der Waals surface area contributed by atoms with Crippen LogP contribution in [0.2, 0.25) is 0 Å². The Hall–Kier alpha value is -1.97. The Balaban J connectivity index is 2.22. The Labute approximate surface area is 152 Å². The lowest BCUT2D eigenvalue weighted by atomic mass is 10.3. The summed E-state index contributed by atoms with van der Waals surface area (Å²) in [5.41, 5.74) is 1.13. The summed E-state index contributed by atoms with van der Waals surface area (Å²) in [7, 11) is 1.66. The number of carbonyl (C=O) groups is 2. The lowest BCUT2D eigenvalue weighted by molar-refractivity contribution is 0.168. The van der Waals surface area contributed by atoms with Crippen LogP contribution in [0.5, 0.6) is 0 Å².